The average molecular weight is 459 g/mol. The van der Waals surface area contributed by atoms with Crippen LogP contribution in [0.2, 0.25) is 0 Å². The maximum Gasteiger partial charge on any atom is 0.231 e. The number of hydrogen-bond donors (Lipinski definition) is 0. The maximum absolute atomic E-state index is 6.04. The van der Waals surface area contributed by atoms with E-state index in [1.165, 1.54) is 0 Å². The van der Waals surface area contributed by atoms with Gasteiger partial charge in [-0.25, -0.2) is 4.98 Å². The summed E-state index contributed by atoms with van der Waals surface area (Å²) in [5.41, 5.74) is 3.48. The Hall–Kier alpha value is -2.11. The Balaban J connectivity index is 1.70. The highest BCUT2D eigenvalue weighted by molar-refractivity contribution is 9.10. The first-order valence-electron chi connectivity index (χ1n) is 7.72. The molecule has 0 aliphatic carbocycles. The molecule has 0 radical (unpaired) electrons. The molecule has 0 saturated carbocycles. The largest absolute Gasteiger partial charge is 0.488 e. The molecule has 3 aromatic carbocycles. The van der Waals surface area contributed by atoms with Crippen molar-refractivity contribution in [2.75, 3.05) is 0 Å². The standard InChI is InChI=1S/C20H13Br2NO2/c21-14-6-8-16(18(10-14)24-12-13-4-2-1-3-5-13)20-23-17-9-7-15(22)11-19(17)25-20/h1-11H,12H2. The van der Waals surface area contributed by atoms with Gasteiger partial charge in [0.2, 0.25) is 5.89 Å². The van der Waals surface area contributed by atoms with Gasteiger partial charge in [0.1, 0.15) is 17.9 Å². The Labute approximate surface area is 161 Å². The van der Waals surface area contributed by atoms with Crippen LogP contribution < -0.4 is 4.74 Å². The van der Waals surface area contributed by atoms with Gasteiger partial charge in [-0.2, -0.15) is 0 Å². The summed E-state index contributed by atoms with van der Waals surface area (Å²) in [5, 5.41) is 0. The zero-order valence-corrected chi connectivity index (χ0v) is 16.2. The molecular formula is C20H13Br2NO2. The topological polar surface area (TPSA) is 35.3 Å². The fraction of sp³-hybridized carbons (Fsp3) is 0.0500. The van der Waals surface area contributed by atoms with Gasteiger partial charge in [-0.05, 0) is 42.0 Å². The summed E-state index contributed by atoms with van der Waals surface area (Å²) in [4.78, 5) is 4.59. The van der Waals surface area contributed by atoms with Crippen LogP contribution >= 0.6 is 31.9 Å². The minimum absolute atomic E-state index is 0.482. The fourth-order valence-corrected chi connectivity index (χ4v) is 3.22. The number of nitrogens with zero attached hydrogens (tertiary/aromatic N) is 1. The van der Waals surface area contributed by atoms with Crippen molar-refractivity contribution < 1.29 is 9.15 Å². The molecule has 0 amide bonds. The van der Waals surface area contributed by atoms with E-state index in [1.54, 1.807) is 0 Å². The van der Waals surface area contributed by atoms with E-state index in [4.69, 9.17) is 9.15 Å². The van der Waals surface area contributed by atoms with Crippen LogP contribution in [-0.4, -0.2) is 4.98 Å². The average Bonchev–Trinajstić information content (AvgIpc) is 3.03. The molecule has 4 aromatic rings. The minimum Gasteiger partial charge on any atom is -0.488 e. The molecule has 1 aromatic heterocycles. The van der Waals surface area contributed by atoms with Gasteiger partial charge >= 0.3 is 0 Å². The molecule has 25 heavy (non-hydrogen) atoms. The summed E-state index contributed by atoms with van der Waals surface area (Å²) < 4.78 is 13.9. The highest BCUT2D eigenvalue weighted by atomic mass is 79.9. The lowest BCUT2D eigenvalue weighted by molar-refractivity contribution is 0.306. The fourth-order valence-electron chi connectivity index (χ4n) is 2.54. The number of fused-ring (bicyclic) bond motifs is 1. The summed E-state index contributed by atoms with van der Waals surface area (Å²) in [6.45, 7) is 0.482. The van der Waals surface area contributed by atoms with Gasteiger partial charge in [-0.3, -0.25) is 0 Å². The number of hydrogen-bond acceptors (Lipinski definition) is 3. The van der Waals surface area contributed by atoms with Gasteiger partial charge < -0.3 is 9.15 Å². The van der Waals surface area contributed by atoms with Crippen molar-refractivity contribution >= 4 is 43.0 Å². The summed E-state index contributed by atoms with van der Waals surface area (Å²) >= 11 is 6.96. The molecule has 124 valence electrons. The molecule has 0 atom stereocenters. The van der Waals surface area contributed by atoms with E-state index in [1.807, 2.05) is 66.7 Å². The van der Waals surface area contributed by atoms with E-state index in [-0.39, 0.29) is 0 Å². The normalized spacial score (nSPS) is 11.0. The lowest BCUT2D eigenvalue weighted by Crippen LogP contribution is -1.97. The van der Waals surface area contributed by atoms with Gasteiger partial charge in [-0.1, -0.05) is 62.2 Å². The number of halogens is 2. The Morgan fingerprint density at radius 3 is 2.48 bits per heavy atom. The molecule has 1 heterocycles. The third-order valence-electron chi connectivity index (χ3n) is 3.76. The first kappa shape index (κ1) is 16.4. The molecule has 0 unspecified atom stereocenters. The van der Waals surface area contributed by atoms with Crippen LogP contribution in [0.4, 0.5) is 0 Å². The smallest absolute Gasteiger partial charge is 0.231 e. The molecule has 5 heteroatoms. The second-order valence-corrected chi connectivity index (χ2v) is 7.38. The van der Waals surface area contributed by atoms with Crippen LogP contribution in [0, 0.1) is 0 Å². The van der Waals surface area contributed by atoms with Crippen LogP contribution in [-0.2, 0) is 6.61 Å². The Morgan fingerprint density at radius 2 is 1.64 bits per heavy atom. The number of benzene rings is 3. The summed E-state index contributed by atoms with van der Waals surface area (Å²) in [6.07, 6.45) is 0. The van der Waals surface area contributed by atoms with E-state index in [2.05, 4.69) is 36.8 Å². The zero-order valence-electron chi connectivity index (χ0n) is 13.1. The minimum atomic E-state index is 0.482. The van der Waals surface area contributed by atoms with Gasteiger partial charge in [0.15, 0.2) is 5.58 Å². The second kappa shape index (κ2) is 7.02. The van der Waals surface area contributed by atoms with Crippen molar-refractivity contribution in [1.29, 1.82) is 0 Å². The molecule has 0 N–H and O–H groups in total. The van der Waals surface area contributed by atoms with Crippen LogP contribution in [0.25, 0.3) is 22.6 Å². The summed E-state index contributed by atoms with van der Waals surface area (Å²) in [5.74, 6) is 1.27. The first-order valence-corrected chi connectivity index (χ1v) is 9.30. The van der Waals surface area contributed by atoms with Crippen molar-refractivity contribution in [3.05, 3.63) is 81.2 Å². The number of oxazole rings is 1. The number of ether oxygens (including phenoxy) is 1. The molecule has 3 nitrogen and oxygen atoms in total. The number of aromatic nitrogens is 1. The maximum atomic E-state index is 6.04. The Bertz CT molecular complexity index is 1030. The quantitative estimate of drug-likeness (QED) is 0.345. The van der Waals surface area contributed by atoms with Crippen LogP contribution in [0.1, 0.15) is 5.56 Å². The van der Waals surface area contributed by atoms with Crippen LogP contribution in [0.5, 0.6) is 5.75 Å². The summed E-state index contributed by atoms with van der Waals surface area (Å²) in [6, 6.07) is 21.7. The second-order valence-electron chi connectivity index (χ2n) is 5.55. The third kappa shape index (κ3) is 3.62. The highest BCUT2D eigenvalue weighted by Gasteiger charge is 2.14. The molecule has 4 rings (SSSR count). The molecule has 0 bridgehead atoms. The predicted molar refractivity (Wildman–Crippen MR) is 106 cm³/mol. The van der Waals surface area contributed by atoms with Gasteiger partial charge in [-0.15, -0.1) is 0 Å². The van der Waals surface area contributed by atoms with E-state index >= 15 is 0 Å². The number of rotatable bonds is 4. The van der Waals surface area contributed by atoms with E-state index in [0.29, 0.717) is 12.5 Å². The molecule has 0 fully saturated rings. The molecule has 0 aliphatic rings. The van der Waals surface area contributed by atoms with E-state index in [0.717, 1.165) is 36.9 Å². The summed E-state index contributed by atoms with van der Waals surface area (Å²) in [7, 11) is 0. The SMILES string of the molecule is Brc1ccc(-c2nc3ccc(Br)cc3o2)c(OCc2ccccc2)c1. The third-order valence-corrected chi connectivity index (χ3v) is 4.75. The monoisotopic (exact) mass is 457 g/mol. The van der Waals surface area contributed by atoms with Gasteiger partial charge in [0.05, 0.1) is 5.56 Å². The van der Waals surface area contributed by atoms with Crippen molar-refractivity contribution in [3.63, 3.8) is 0 Å². The molecule has 0 aliphatic heterocycles. The Kier molecular flexibility index (Phi) is 4.59. The van der Waals surface area contributed by atoms with Gasteiger partial charge in [0, 0.05) is 8.95 Å². The highest BCUT2D eigenvalue weighted by Crippen LogP contribution is 2.35. The van der Waals surface area contributed by atoms with E-state index < -0.39 is 0 Å². The van der Waals surface area contributed by atoms with E-state index in [9.17, 15) is 0 Å². The van der Waals surface area contributed by atoms with Crippen LogP contribution in [0.3, 0.4) is 0 Å². The van der Waals surface area contributed by atoms with Crippen molar-refractivity contribution in [1.82, 2.24) is 4.98 Å². The Morgan fingerprint density at radius 1 is 0.880 bits per heavy atom. The van der Waals surface area contributed by atoms with Crippen molar-refractivity contribution in [2.24, 2.45) is 0 Å². The van der Waals surface area contributed by atoms with Crippen molar-refractivity contribution in [3.8, 4) is 17.2 Å². The zero-order chi connectivity index (χ0) is 17.2. The van der Waals surface area contributed by atoms with Crippen molar-refractivity contribution in [2.45, 2.75) is 6.61 Å². The van der Waals surface area contributed by atoms with Gasteiger partial charge in [0.25, 0.3) is 0 Å². The molecular weight excluding hydrogens is 446 g/mol. The lowest BCUT2D eigenvalue weighted by atomic mass is 10.2. The lowest BCUT2D eigenvalue weighted by Gasteiger charge is -2.10. The molecule has 0 spiro atoms. The molecule has 0 saturated heterocycles. The first-order chi connectivity index (χ1) is 12.2. The predicted octanol–water partition coefficient (Wildman–Crippen LogP) is 6.60. The van der Waals surface area contributed by atoms with Crippen LogP contribution in [0.15, 0.2) is 80.1 Å².